The fourth-order valence-corrected chi connectivity index (χ4v) is 17.9. The molecule has 0 amide bonds. The first-order valence-corrected chi connectivity index (χ1v) is 49.9. The van der Waals surface area contributed by atoms with E-state index in [1.54, 1.807) is 112 Å². The van der Waals surface area contributed by atoms with Gasteiger partial charge in [-0.2, -0.15) is 0 Å². The summed E-state index contributed by atoms with van der Waals surface area (Å²) >= 11 is 0. The van der Waals surface area contributed by atoms with Crippen LogP contribution < -0.4 is 37.9 Å². The van der Waals surface area contributed by atoms with Gasteiger partial charge in [-0.15, -0.1) is 0 Å². The number of Topliss-reactive ketones (excluding diaryl/α,β-unsaturated/α-hetero) is 4. The van der Waals surface area contributed by atoms with Gasteiger partial charge in [0.15, 0.2) is 0 Å². The van der Waals surface area contributed by atoms with Crippen LogP contribution in [0.5, 0.6) is 46.0 Å². The van der Waals surface area contributed by atoms with Crippen LogP contribution in [0.15, 0.2) is 285 Å². The molecule has 0 aliphatic rings. The molecule has 764 valence electrons. The molecule has 0 aliphatic carbocycles. The zero-order valence-electron chi connectivity index (χ0n) is 89.1. The van der Waals surface area contributed by atoms with Crippen molar-refractivity contribution in [3.05, 3.63) is 381 Å². The standard InChI is InChI=1S/C34H35FO3.C32H39FO4.C32H37FO3.C30H35FO3/c1-23(36)19-29(25-9-7-6-8-10-25)26-12-14-27(15-13-26)38-22-24-11-17-32(34(2,3)4)30(20-24)31-21-28(37-5)16-18-33(31)35;1-22(34)18-25(8-7-17-35-5)24-10-12-26(13-11-24)37-21-23-9-15-30(32(2,3)4)28(19-23)29-20-27(36-6)14-16-31(29)33;1-8-9-27(21(2)22(3)34)24-11-13-25(14-12-24)36-20-23-10-16-30(32(4,5)6)28(18-23)29-19-26(35-7)15-17-31(29)33;1-7-23(20(2)32)16-21-8-11-24(12-9-21)34-19-22-10-14-28(30(3,4)5)26(17-22)27-18-25(33-6)13-15-29(27)31/h6-18,20-21,29H,19,22H2,1-5H3;9-16,19-20,25H,7-8,17-18,21H2,1-6H3;8-19,21,27H,20H2,1-7H3;8-15,17-18,23H,7,16,19H2,1-6H3/b;;9-8-;/t29-;25-;21-,27-;23-/m1111/s1. The number of ketones is 4. The Bertz CT molecular complexity index is 6470. The van der Waals surface area contributed by atoms with Gasteiger partial charge in [0.1, 0.15) is 119 Å². The van der Waals surface area contributed by atoms with Crippen molar-refractivity contribution in [2.45, 2.75) is 236 Å². The minimum absolute atomic E-state index is 0.00742. The topological polar surface area (TPSA) is 151 Å². The summed E-state index contributed by atoms with van der Waals surface area (Å²) in [5, 5.41) is 0. The third-order valence-electron chi connectivity index (χ3n) is 26.1. The maximum atomic E-state index is 14.9. The van der Waals surface area contributed by atoms with Crippen molar-refractivity contribution in [3.63, 3.8) is 0 Å². The van der Waals surface area contributed by atoms with Crippen LogP contribution >= 0.6 is 0 Å². The highest BCUT2D eigenvalue weighted by Gasteiger charge is 2.29. The molecule has 145 heavy (non-hydrogen) atoms. The van der Waals surface area contributed by atoms with Crippen molar-refractivity contribution in [3.8, 4) is 90.5 Å². The summed E-state index contributed by atoms with van der Waals surface area (Å²) in [4.78, 5) is 47.4. The van der Waals surface area contributed by atoms with Gasteiger partial charge in [0.25, 0.3) is 0 Å². The van der Waals surface area contributed by atoms with Gasteiger partial charge < -0.3 is 47.4 Å². The Morgan fingerprint density at radius 3 is 0.910 bits per heavy atom. The van der Waals surface area contributed by atoms with Crippen LogP contribution in [-0.2, 0) is 78.4 Å². The lowest BCUT2D eigenvalue weighted by Gasteiger charge is -2.24. The Labute approximate surface area is 858 Å². The molecule has 0 aromatic heterocycles. The quantitative estimate of drug-likeness (QED) is 0.0204. The second-order valence-corrected chi connectivity index (χ2v) is 41.4. The van der Waals surface area contributed by atoms with Crippen molar-refractivity contribution in [1.29, 1.82) is 0 Å². The Balaban J connectivity index is 0.000000198. The Hall–Kier alpha value is -13.6. The normalized spacial score (nSPS) is 12.6. The first-order valence-electron chi connectivity index (χ1n) is 49.9. The van der Waals surface area contributed by atoms with E-state index in [0.29, 0.717) is 91.1 Å². The highest BCUT2D eigenvalue weighted by atomic mass is 19.1. The first-order chi connectivity index (χ1) is 68.9. The fourth-order valence-electron chi connectivity index (χ4n) is 17.9. The lowest BCUT2D eigenvalue weighted by molar-refractivity contribution is -0.121. The van der Waals surface area contributed by atoms with Crippen LogP contribution in [0, 0.1) is 35.1 Å². The minimum atomic E-state index is -0.288. The van der Waals surface area contributed by atoms with Gasteiger partial charge in [-0.1, -0.05) is 236 Å². The molecule has 0 aliphatic heterocycles. The minimum Gasteiger partial charge on any atom is -0.497 e. The van der Waals surface area contributed by atoms with Crippen molar-refractivity contribution < 1.29 is 79.4 Å². The Morgan fingerprint density at radius 1 is 0.331 bits per heavy atom. The second-order valence-electron chi connectivity index (χ2n) is 41.4. The maximum Gasteiger partial charge on any atom is 0.133 e. The van der Waals surface area contributed by atoms with E-state index in [1.807, 2.05) is 191 Å². The molecule has 5 atom stereocenters. The largest absolute Gasteiger partial charge is 0.497 e. The van der Waals surface area contributed by atoms with Crippen LogP contribution in [0.25, 0.3) is 44.5 Å². The Morgan fingerprint density at radius 2 is 0.628 bits per heavy atom. The van der Waals surface area contributed by atoms with Gasteiger partial charge >= 0.3 is 0 Å². The summed E-state index contributed by atoms with van der Waals surface area (Å²) in [5.41, 5.74) is 18.3. The van der Waals surface area contributed by atoms with Gasteiger partial charge in [0.05, 0.1) is 28.4 Å². The van der Waals surface area contributed by atoms with Crippen LogP contribution in [0.4, 0.5) is 17.6 Å². The van der Waals surface area contributed by atoms with Gasteiger partial charge in [-0.25, -0.2) is 17.6 Å². The predicted molar refractivity (Wildman–Crippen MR) is 580 cm³/mol. The third kappa shape index (κ3) is 32.7. The molecule has 0 N–H and O–H groups in total. The molecule has 13 aromatic carbocycles. The average Bonchev–Trinajstić information content (AvgIpc) is 0.792. The van der Waals surface area contributed by atoms with Crippen molar-refractivity contribution in [2.75, 3.05) is 42.2 Å². The summed E-state index contributed by atoms with van der Waals surface area (Å²) in [6, 6.07) is 85.5. The lowest BCUT2D eigenvalue weighted by Crippen LogP contribution is -2.15. The summed E-state index contributed by atoms with van der Waals surface area (Å²) in [6.45, 7) is 40.1. The van der Waals surface area contributed by atoms with Crippen LogP contribution in [0.3, 0.4) is 0 Å². The number of rotatable bonds is 39. The second kappa shape index (κ2) is 52.7. The van der Waals surface area contributed by atoms with Gasteiger partial charge in [0, 0.05) is 72.5 Å². The van der Waals surface area contributed by atoms with E-state index in [0.717, 1.165) is 143 Å². The fraction of sp³-hybridized carbons (Fsp3) is 0.344. The van der Waals surface area contributed by atoms with Gasteiger partial charge in [-0.3, -0.25) is 14.4 Å². The van der Waals surface area contributed by atoms with Crippen molar-refractivity contribution in [1.82, 2.24) is 0 Å². The highest BCUT2D eigenvalue weighted by Crippen LogP contribution is 2.44. The van der Waals surface area contributed by atoms with E-state index >= 15 is 0 Å². The summed E-state index contributed by atoms with van der Waals surface area (Å²) in [7, 11) is 8.02. The van der Waals surface area contributed by atoms with Crippen molar-refractivity contribution >= 4 is 23.1 Å². The highest BCUT2D eigenvalue weighted by molar-refractivity contribution is 5.81. The monoisotopic (exact) mass is 1970 g/mol. The summed E-state index contributed by atoms with van der Waals surface area (Å²) in [6.07, 6.45) is 8.42. The van der Waals surface area contributed by atoms with Gasteiger partial charge in [-0.05, 0) is 328 Å². The van der Waals surface area contributed by atoms with E-state index in [-0.39, 0.29) is 97.7 Å². The molecule has 0 fully saturated rings. The third-order valence-corrected chi connectivity index (χ3v) is 26.1. The molecule has 0 spiro atoms. The number of methoxy groups -OCH3 is 5. The van der Waals surface area contributed by atoms with Crippen LogP contribution in [0.1, 0.15) is 254 Å². The number of hydrogen-bond donors (Lipinski definition) is 0. The first kappa shape index (κ1) is 113. The smallest absolute Gasteiger partial charge is 0.133 e. The molecular formula is C128H146F4O13. The average molecular weight is 1970 g/mol. The number of halogens is 4. The lowest BCUT2D eigenvalue weighted by atomic mass is 9.81. The molecule has 0 unspecified atom stereocenters. The molecule has 0 saturated carbocycles. The van der Waals surface area contributed by atoms with E-state index in [2.05, 4.69) is 126 Å². The molecule has 17 heteroatoms. The van der Waals surface area contributed by atoms with E-state index in [4.69, 9.17) is 42.6 Å². The van der Waals surface area contributed by atoms with Crippen LogP contribution in [0.2, 0.25) is 0 Å². The summed E-state index contributed by atoms with van der Waals surface area (Å²) < 4.78 is 110. The van der Waals surface area contributed by atoms with E-state index in [9.17, 15) is 36.7 Å². The SMILES string of the molecule is C/C=C\[C@@H](c1ccc(OCc2ccc(C(C)(C)C)c(-c3cc(OC)ccc3F)c2)cc1)[C@H](C)C(C)=O.CC[C@H](Cc1ccc(OCc2ccc(C(C)(C)C)c(-c3cc(OC)ccc3F)c2)cc1)C(C)=O.COCCC[C@H](CC(C)=O)c1ccc(OCc2ccc(C(C)(C)C)c(-c3cc(OC)ccc3F)c2)cc1.COc1ccc(F)c(-c2cc(COc3ccc([C@H](CC(C)=O)c4ccccc4)cc3)ccc2C(C)(C)C)c1. The van der Waals surface area contributed by atoms with E-state index < -0.39 is 0 Å². The van der Waals surface area contributed by atoms with Crippen LogP contribution in [-0.4, -0.2) is 65.3 Å². The zero-order valence-corrected chi connectivity index (χ0v) is 89.1. The predicted octanol–water partition coefficient (Wildman–Crippen LogP) is 32.2. The number of carbonyl (C=O) groups excluding carboxylic acids is 4. The van der Waals surface area contributed by atoms with E-state index in [1.165, 1.54) is 24.3 Å². The molecule has 0 saturated heterocycles. The molecular weight excluding hydrogens is 1820 g/mol. The molecule has 13 nitrogen and oxygen atoms in total. The molecule has 0 heterocycles. The molecule has 0 radical (unpaired) electrons. The molecule has 0 bridgehead atoms. The number of benzene rings is 13. The Kier molecular flexibility index (Phi) is 41.2. The number of carbonyl (C=O) groups is 4. The molecule has 13 rings (SSSR count). The van der Waals surface area contributed by atoms with Gasteiger partial charge in [0.2, 0.25) is 0 Å². The summed E-state index contributed by atoms with van der Waals surface area (Å²) in [5.74, 6) is 5.21. The van der Waals surface area contributed by atoms with Crippen molar-refractivity contribution in [2.24, 2.45) is 11.8 Å². The number of hydrogen-bond acceptors (Lipinski definition) is 13. The number of allylic oxidation sites excluding steroid dienone is 2. The number of ether oxygens (including phenoxy) is 9. The zero-order chi connectivity index (χ0) is 106. The maximum absolute atomic E-state index is 14.9. The molecule has 13 aromatic rings.